The number of carbonyl (C=O) groups is 2. The summed E-state index contributed by atoms with van der Waals surface area (Å²) in [5, 5.41) is 8.84. The van der Waals surface area contributed by atoms with E-state index in [9.17, 15) is 9.59 Å². The van der Waals surface area contributed by atoms with Crippen molar-refractivity contribution in [3.63, 3.8) is 0 Å². The Balaban J connectivity index is 2.70. The molecule has 1 aliphatic heterocycles. The average Bonchev–Trinajstić information content (AvgIpc) is 2.12. The second-order valence-electron chi connectivity index (χ2n) is 3.39. The Hall–Kier alpha value is -1.52. The van der Waals surface area contributed by atoms with Crippen molar-refractivity contribution in [1.82, 2.24) is 9.80 Å². The predicted molar refractivity (Wildman–Crippen MR) is 50.9 cm³/mol. The third kappa shape index (κ3) is 2.04. The molecule has 0 radical (unpaired) electrons. The van der Waals surface area contributed by atoms with E-state index < -0.39 is 11.9 Å². The Morgan fingerprint density at radius 2 is 2.36 bits per heavy atom. The maximum atomic E-state index is 11.5. The van der Waals surface area contributed by atoms with Gasteiger partial charge in [0.25, 0.3) is 0 Å². The summed E-state index contributed by atoms with van der Waals surface area (Å²) in [7, 11) is 1.60. The summed E-state index contributed by atoms with van der Waals surface area (Å²) in [5.74, 6) is -1.36. The lowest BCUT2D eigenvalue weighted by Gasteiger charge is -2.36. The fourth-order valence-corrected chi connectivity index (χ4v) is 1.52. The molecule has 1 N–H and O–H groups in total. The number of carboxylic acids is 1. The number of carbonyl (C=O) groups excluding carboxylic acids is 1. The highest BCUT2D eigenvalue weighted by Crippen LogP contribution is 2.12. The summed E-state index contributed by atoms with van der Waals surface area (Å²) >= 11 is 0. The smallest absolute Gasteiger partial charge is 0.320 e. The van der Waals surface area contributed by atoms with Gasteiger partial charge in [0.15, 0.2) is 0 Å². The van der Waals surface area contributed by atoms with E-state index in [0.29, 0.717) is 6.54 Å². The maximum absolute atomic E-state index is 11.5. The maximum Gasteiger partial charge on any atom is 0.320 e. The zero-order chi connectivity index (χ0) is 10.7. The Morgan fingerprint density at radius 3 is 2.86 bits per heavy atom. The molecule has 0 aliphatic carbocycles. The van der Waals surface area contributed by atoms with Crippen molar-refractivity contribution in [1.29, 1.82) is 0 Å². The van der Waals surface area contributed by atoms with E-state index in [1.807, 2.05) is 0 Å². The second-order valence-corrected chi connectivity index (χ2v) is 3.39. The molecule has 2 amide bonds. The van der Waals surface area contributed by atoms with Gasteiger partial charge >= 0.3 is 12.0 Å². The Morgan fingerprint density at radius 1 is 1.71 bits per heavy atom. The molecular formula is C9H14N2O3. The summed E-state index contributed by atoms with van der Waals surface area (Å²) in [6.45, 7) is 4.47. The van der Waals surface area contributed by atoms with Crippen LogP contribution < -0.4 is 0 Å². The van der Waals surface area contributed by atoms with Gasteiger partial charge in [-0.25, -0.2) is 4.79 Å². The number of amides is 2. The lowest BCUT2D eigenvalue weighted by Crippen LogP contribution is -2.53. The van der Waals surface area contributed by atoms with Crippen molar-refractivity contribution in [2.75, 3.05) is 26.7 Å². The number of rotatable bonds is 3. The van der Waals surface area contributed by atoms with E-state index in [4.69, 9.17) is 5.11 Å². The lowest BCUT2D eigenvalue weighted by atomic mass is 10.1. The number of carboxylic acid groups (broad SMARTS) is 1. The van der Waals surface area contributed by atoms with Crippen LogP contribution in [0.25, 0.3) is 0 Å². The molecule has 1 unspecified atom stereocenters. The highest BCUT2D eigenvalue weighted by Gasteiger charge is 2.32. The van der Waals surface area contributed by atoms with Gasteiger partial charge in [0, 0.05) is 26.7 Å². The van der Waals surface area contributed by atoms with E-state index in [2.05, 4.69) is 6.58 Å². The third-order valence-electron chi connectivity index (χ3n) is 2.23. The van der Waals surface area contributed by atoms with Crippen LogP contribution in [0.4, 0.5) is 4.79 Å². The Kier molecular flexibility index (Phi) is 3.11. The van der Waals surface area contributed by atoms with Crippen LogP contribution in [0.1, 0.15) is 0 Å². The van der Waals surface area contributed by atoms with Crippen LogP contribution in [-0.4, -0.2) is 53.6 Å². The molecule has 1 atom stereocenters. The first-order chi connectivity index (χ1) is 6.56. The van der Waals surface area contributed by atoms with Gasteiger partial charge in [0.05, 0.1) is 5.92 Å². The number of hydrogen-bond donors (Lipinski definition) is 1. The highest BCUT2D eigenvalue weighted by molar-refractivity contribution is 5.79. The van der Waals surface area contributed by atoms with Crippen molar-refractivity contribution in [3.05, 3.63) is 12.7 Å². The van der Waals surface area contributed by atoms with Crippen molar-refractivity contribution in [3.8, 4) is 0 Å². The van der Waals surface area contributed by atoms with Crippen LogP contribution in [0, 0.1) is 5.92 Å². The van der Waals surface area contributed by atoms with Gasteiger partial charge < -0.3 is 14.9 Å². The number of aliphatic carboxylic acids is 1. The molecule has 0 spiro atoms. The summed E-state index contributed by atoms with van der Waals surface area (Å²) < 4.78 is 0. The molecule has 0 aromatic carbocycles. The van der Waals surface area contributed by atoms with Crippen LogP contribution in [-0.2, 0) is 4.79 Å². The van der Waals surface area contributed by atoms with Gasteiger partial charge in [0.1, 0.15) is 0 Å². The molecule has 1 aliphatic rings. The molecule has 0 aromatic rings. The standard InChI is InChI=1S/C9H14N2O3/c1-3-4-11-6-7(8(12)13)5-10(2)9(11)14/h3,7H,1,4-6H2,2H3,(H,12,13). The molecule has 14 heavy (non-hydrogen) atoms. The molecule has 1 fully saturated rings. The van der Waals surface area contributed by atoms with E-state index >= 15 is 0 Å². The number of urea groups is 1. The van der Waals surface area contributed by atoms with Gasteiger partial charge in [-0.15, -0.1) is 6.58 Å². The second kappa shape index (κ2) is 4.13. The third-order valence-corrected chi connectivity index (χ3v) is 2.23. The first-order valence-corrected chi connectivity index (χ1v) is 4.40. The van der Waals surface area contributed by atoms with Gasteiger partial charge in [-0.1, -0.05) is 6.08 Å². The van der Waals surface area contributed by atoms with Crippen molar-refractivity contribution < 1.29 is 14.7 Å². The zero-order valence-electron chi connectivity index (χ0n) is 8.14. The van der Waals surface area contributed by atoms with Gasteiger partial charge in [-0.05, 0) is 0 Å². The number of nitrogens with zero attached hydrogens (tertiary/aromatic N) is 2. The van der Waals surface area contributed by atoms with Gasteiger partial charge in [-0.3, -0.25) is 4.79 Å². The number of hydrogen-bond acceptors (Lipinski definition) is 2. The van der Waals surface area contributed by atoms with Crippen molar-refractivity contribution in [2.24, 2.45) is 5.92 Å². The summed E-state index contributed by atoms with van der Waals surface area (Å²) in [6.07, 6.45) is 1.59. The Labute approximate surface area is 82.6 Å². The quantitative estimate of drug-likeness (QED) is 0.661. The predicted octanol–water partition coefficient (Wildman–Crippen LogP) is 0.241. The molecule has 0 aromatic heterocycles. The fourth-order valence-electron chi connectivity index (χ4n) is 1.52. The lowest BCUT2D eigenvalue weighted by molar-refractivity contribution is -0.143. The van der Waals surface area contributed by atoms with Crippen LogP contribution in [0.5, 0.6) is 0 Å². The fraction of sp³-hybridized carbons (Fsp3) is 0.556. The van der Waals surface area contributed by atoms with E-state index in [1.54, 1.807) is 13.1 Å². The largest absolute Gasteiger partial charge is 0.481 e. The van der Waals surface area contributed by atoms with E-state index in [-0.39, 0.29) is 19.1 Å². The zero-order valence-corrected chi connectivity index (χ0v) is 8.14. The SMILES string of the molecule is C=CCN1CC(C(=O)O)CN(C)C1=O. The van der Waals surface area contributed by atoms with Gasteiger partial charge in [0.2, 0.25) is 0 Å². The topological polar surface area (TPSA) is 60.9 Å². The molecule has 1 heterocycles. The van der Waals surface area contributed by atoms with E-state index in [1.165, 1.54) is 9.80 Å². The molecule has 1 rings (SSSR count). The van der Waals surface area contributed by atoms with E-state index in [0.717, 1.165) is 0 Å². The minimum absolute atomic E-state index is 0.137. The summed E-state index contributed by atoms with van der Waals surface area (Å²) in [5.41, 5.74) is 0. The highest BCUT2D eigenvalue weighted by atomic mass is 16.4. The monoisotopic (exact) mass is 198 g/mol. The van der Waals surface area contributed by atoms with Gasteiger partial charge in [-0.2, -0.15) is 0 Å². The summed E-state index contributed by atoms with van der Waals surface area (Å²) in [6, 6.07) is -0.137. The molecule has 0 saturated carbocycles. The Bertz CT molecular complexity index is 265. The first kappa shape index (κ1) is 10.6. The van der Waals surface area contributed by atoms with Crippen LogP contribution >= 0.6 is 0 Å². The average molecular weight is 198 g/mol. The molecule has 5 nitrogen and oxygen atoms in total. The minimum Gasteiger partial charge on any atom is -0.481 e. The molecule has 1 saturated heterocycles. The summed E-state index contributed by atoms with van der Waals surface area (Å²) in [4.78, 5) is 25.2. The van der Waals surface area contributed by atoms with Crippen molar-refractivity contribution >= 4 is 12.0 Å². The van der Waals surface area contributed by atoms with Crippen LogP contribution in [0.15, 0.2) is 12.7 Å². The van der Waals surface area contributed by atoms with Crippen LogP contribution in [0.3, 0.4) is 0 Å². The molecule has 0 bridgehead atoms. The van der Waals surface area contributed by atoms with Crippen molar-refractivity contribution in [2.45, 2.75) is 0 Å². The minimum atomic E-state index is -0.863. The normalized spacial score (nSPS) is 22.4. The molecular weight excluding hydrogens is 184 g/mol. The molecule has 78 valence electrons. The van der Waals surface area contributed by atoms with Crippen LogP contribution in [0.2, 0.25) is 0 Å². The first-order valence-electron chi connectivity index (χ1n) is 4.40. The molecule has 5 heteroatoms.